The quantitative estimate of drug-likeness (QED) is 0.628. The van der Waals surface area contributed by atoms with Crippen LogP contribution in [0.25, 0.3) is 0 Å². The van der Waals surface area contributed by atoms with Gasteiger partial charge in [-0.25, -0.2) is 14.8 Å². The molecule has 0 aromatic heterocycles. The van der Waals surface area contributed by atoms with Crippen LogP contribution in [0.15, 0.2) is 11.9 Å². The number of likely N-dealkylation sites (tertiary alicyclic amines) is 1. The molecule has 3 amide bonds. The minimum Gasteiger partial charge on any atom is -0.444 e. The fourth-order valence-electron chi connectivity index (χ4n) is 4.65. The Morgan fingerprint density at radius 1 is 1.03 bits per heavy atom. The van der Waals surface area contributed by atoms with Crippen LogP contribution in [0.3, 0.4) is 0 Å². The maximum atomic E-state index is 13.1. The Kier molecular flexibility index (Phi) is 5.76. The van der Waals surface area contributed by atoms with Gasteiger partial charge in [0.25, 0.3) is 5.91 Å². The van der Waals surface area contributed by atoms with Crippen molar-refractivity contribution < 1.29 is 19.1 Å². The molecule has 0 aliphatic carbocycles. The molecule has 10 nitrogen and oxygen atoms in total. The molecule has 0 aromatic carbocycles. The van der Waals surface area contributed by atoms with Crippen LogP contribution < -0.4 is 0 Å². The van der Waals surface area contributed by atoms with Crippen molar-refractivity contribution in [2.24, 2.45) is 5.92 Å². The minimum atomic E-state index is -0.544. The van der Waals surface area contributed by atoms with E-state index in [9.17, 15) is 14.4 Å². The molecular formula is C21H34N6O4. The molecule has 4 aliphatic heterocycles. The third-order valence-corrected chi connectivity index (χ3v) is 6.17. The summed E-state index contributed by atoms with van der Waals surface area (Å²) in [4.78, 5) is 45.8. The zero-order valence-electron chi connectivity index (χ0n) is 19.0. The van der Waals surface area contributed by atoms with Crippen LogP contribution >= 0.6 is 0 Å². The van der Waals surface area contributed by atoms with Crippen molar-refractivity contribution in [3.05, 3.63) is 11.9 Å². The molecule has 1 atom stereocenters. The monoisotopic (exact) mass is 434 g/mol. The molecule has 4 rings (SSSR count). The molecule has 4 aliphatic rings. The summed E-state index contributed by atoms with van der Waals surface area (Å²) in [6.45, 7) is 10.3. The predicted octanol–water partition coefficient (Wildman–Crippen LogP) is 0.539. The number of hydrazine groups is 1. The van der Waals surface area contributed by atoms with E-state index in [-0.39, 0.29) is 23.8 Å². The van der Waals surface area contributed by atoms with Gasteiger partial charge in [-0.2, -0.15) is 0 Å². The Hall–Kier alpha value is -2.49. The largest absolute Gasteiger partial charge is 0.444 e. The number of rotatable bonds is 2. The second-order valence-electron chi connectivity index (χ2n) is 9.84. The van der Waals surface area contributed by atoms with Crippen LogP contribution in [-0.4, -0.2) is 113 Å². The zero-order chi connectivity index (χ0) is 22.3. The van der Waals surface area contributed by atoms with Gasteiger partial charge in [-0.15, -0.1) is 0 Å². The topological polar surface area (TPSA) is 79.9 Å². The highest BCUT2D eigenvalue weighted by Gasteiger charge is 2.41. The molecule has 4 heterocycles. The van der Waals surface area contributed by atoms with Crippen molar-refractivity contribution in [1.82, 2.24) is 29.6 Å². The van der Waals surface area contributed by atoms with E-state index in [4.69, 9.17) is 4.74 Å². The summed E-state index contributed by atoms with van der Waals surface area (Å²) < 4.78 is 5.48. The van der Waals surface area contributed by atoms with Crippen molar-refractivity contribution in [2.45, 2.75) is 39.2 Å². The van der Waals surface area contributed by atoms with Gasteiger partial charge in [0.1, 0.15) is 18.0 Å². The van der Waals surface area contributed by atoms with Crippen LogP contribution in [0.4, 0.5) is 4.79 Å². The maximum Gasteiger partial charge on any atom is 0.410 e. The van der Waals surface area contributed by atoms with E-state index in [0.29, 0.717) is 45.9 Å². The van der Waals surface area contributed by atoms with Gasteiger partial charge in [-0.3, -0.25) is 9.59 Å². The highest BCUT2D eigenvalue weighted by Crippen LogP contribution is 2.27. The number of piperazine rings is 1. The number of hydrogen-bond donors (Lipinski definition) is 0. The Bertz CT molecular complexity index is 770. The van der Waals surface area contributed by atoms with E-state index in [2.05, 4.69) is 9.91 Å². The molecule has 0 radical (unpaired) electrons. The van der Waals surface area contributed by atoms with E-state index in [0.717, 1.165) is 25.2 Å². The normalized spacial score (nSPS) is 25.2. The second-order valence-corrected chi connectivity index (χ2v) is 9.84. The third kappa shape index (κ3) is 4.58. The van der Waals surface area contributed by atoms with Gasteiger partial charge in [0.2, 0.25) is 5.91 Å². The van der Waals surface area contributed by atoms with Crippen LogP contribution in [0.2, 0.25) is 0 Å². The highest BCUT2D eigenvalue weighted by atomic mass is 16.6. The number of carbonyl (C=O) groups excluding carboxylic acids is 3. The Morgan fingerprint density at radius 2 is 1.74 bits per heavy atom. The smallest absolute Gasteiger partial charge is 0.410 e. The van der Waals surface area contributed by atoms with Gasteiger partial charge >= 0.3 is 6.09 Å². The lowest BCUT2D eigenvalue weighted by Gasteiger charge is -2.41. The molecule has 0 N–H and O–H groups in total. The highest BCUT2D eigenvalue weighted by molar-refractivity contribution is 5.94. The third-order valence-electron chi connectivity index (χ3n) is 6.17. The first kappa shape index (κ1) is 21.7. The number of hydrogen-bond acceptors (Lipinski definition) is 7. The molecule has 1 unspecified atom stereocenters. The number of carbonyl (C=O) groups is 3. The summed E-state index contributed by atoms with van der Waals surface area (Å²) in [6.07, 6.45) is 3.14. The molecule has 3 fully saturated rings. The lowest BCUT2D eigenvalue weighted by molar-refractivity contribution is -0.150. The summed E-state index contributed by atoms with van der Waals surface area (Å²) in [5.41, 5.74) is 0.197. The van der Waals surface area contributed by atoms with Crippen molar-refractivity contribution >= 4 is 17.9 Å². The second kappa shape index (κ2) is 8.22. The summed E-state index contributed by atoms with van der Waals surface area (Å²) in [7, 11) is 1.96. The zero-order valence-corrected chi connectivity index (χ0v) is 19.0. The maximum absolute atomic E-state index is 13.1. The fraction of sp³-hybridized carbons (Fsp3) is 0.762. The molecule has 172 valence electrons. The molecule has 3 saturated heterocycles. The number of nitrogens with zero attached hydrogens (tertiary/aromatic N) is 6. The Balaban J connectivity index is 1.29. The lowest BCUT2D eigenvalue weighted by Crippen LogP contribution is -2.57. The fourth-order valence-corrected chi connectivity index (χ4v) is 4.65. The summed E-state index contributed by atoms with van der Waals surface area (Å²) in [5, 5.41) is 3.85. The Morgan fingerprint density at radius 3 is 2.39 bits per heavy atom. The molecule has 31 heavy (non-hydrogen) atoms. The van der Waals surface area contributed by atoms with Crippen LogP contribution in [0.5, 0.6) is 0 Å². The van der Waals surface area contributed by atoms with Crippen molar-refractivity contribution in [3.63, 3.8) is 0 Å². The van der Waals surface area contributed by atoms with Crippen LogP contribution in [0.1, 0.15) is 33.6 Å². The van der Waals surface area contributed by atoms with E-state index in [1.54, 1.807) is 9.91 Å². The standard InChI is InChI=1S/C21H34N6O4/c1-21(2,3)31-20(30)24-7-5-6-16(12-24)18(28)23-8-10-26(11-9-23)27-15-25-14-22(4)13-17(25)19(27)29/h13,16H,5-12,14-15H2,1-4H3. The summed E-state index contributed by atoms with van der Waals surface area (Å²) in [5.74, 6) is -0.0533. The van der Waals surface area contributed by atoms with E-state index in [1.165, 1.54) is 0 Å². The van der Waals surface area contributed by atoms with Crippen LogP contribution in [0, 0.1) is 5.92 Å². The van der Waals surface area contributed by atoms with Gasteiger partial charge in [0, 0.05) is 52.5 Å². The van der Waals surface area contributed by atoms with Crippen LogP contribution in [-0.2, 0) is 14.3 Å². The minimum absolute atomic E-state index is 0.0319. The van der Waals surface area contributed by atoms with E-state index < -0.39 is 5.60 Å². The van der Waals surface area contributed by atoms with Gasteiger partial charge in [0.05, 0.1) is 12.6 Å². The van der Waals surface area contributed by atoms with Gasteiger partial charge < -0.3 is 24.3 Å². The Labute approximate surface area is 183 Å². The number of piperidine rings is 1. The molecule has 0 bridgehead atoms. The SMILES string of the molecule is CN1C=C2C(=O)N(N3CCN(C(=O)C4CCCN(C(=O)OC(C)(C)C)C4)CC3)CN2C1. The van der Waals surface area contributed by atoms with Gasteiger partial charge in [0.15, 0.2) is 0 Å². The molecule has 10 heteroatoms. The van der Waals surface area contributed by atoms with Gasteiger partial charge in [-0.1, -0.05) is 0 Å². The lowest BCUT2D eigenvalue weighted by atomic mass is 9.96. The van der Waals surface area contributed by atoms with Crippen molar-refractivity contribution in [3.8, 4) is 0 Å². The first-order chi connectivity index (χ1) is 14.6. The number of ether oxygens (including phenoxy) is 1. The molecule has 0 aromatic rings. The first-order valence-electron chi connectivity index (χ1n) is 11.1. The van der Waals surface area contributed by atoms with E-state index >= 15 is 0 Å². The number of fused-ring (bicyclic) bond motifs is 1. The average Bonchev–Trinajstić information content (AvgIpc) is 3.23. The first-order valence-corrected chi connectivity index (χ1v) is 11.1. The molecular weight excluding hydrogens is 400 g/mol. The van der Waals surface area contributed by atoms with Gasteiger partial charge in [-0.05, 0) is 33.6 Å². The predicted molar refractivity (Wildman–Crippen MR) is 113 cm³/mol. The average molecular weight is 435 g/mol. The molecule has 0 saturated carbocycles. The van der Waals surface area contributed by atoms with E-state index in [1.807, 2.05) is 43.8 Å². The van der Waals surface area contributed by atoms with Crippen molar-refractivity contribution in [2.75, 3.05) is 59.7 Å². The summed E-state index contributed by atoms with van der Waals surface area (Å²) >= 11 is 0. The number of amides is 3. The van der Waals surface area contributed by atoms with Crippen molar-refractivity contribution in [1.29, 1.82) is 0 Å². The summed E-state index contributed by atoms with van der Waals surface area (Å²) in [6, 6.07) is 0. The molecule has 0 spiro atoms.